The molecule has 82 valence electrons. The van der Waals surface area contributed by atoms with Gasteiger partial charge in [0.1, 0.15) is 5.82 Å². The van der Waals surface area contributed by atoms with Crippen LogP contribution >= 0.6 is 0 Å². The van der Waals surface area contributed by atoms with Gasteiger partial charge in [0.05, 0.1) is 6.61 Å². The Labute approximate surface area is 93.4 Å². The van der Waals surface area contributed by atoms with Gasteiger partial charge in [-0.3, -0.25) is 4.98 Å². The van der Waals surface area contributed by atoms with Crippen LogP contribution in [0.25, 0.3) is 0 Å². The highest BCUT2D eigenvalue weighted by molar-refractivity contribution is 5.31. The summed E-state index contributed by atoms with van der Waals surface area (Å²) < 4.78 is 13.1. The Kier molecular flexibility index (Phi) is 3.27. The number of hydrogen-bond donors (Lipinski definition) is 1. The van der Waals surface area contributed by atoms with Gasteiger partial charge < -0.3 is 5.11 Å². The molecule has 16 heavy (non-hydrogen) atoms. The SMILES string of the molecule is OCC(c1ccncc1)c1cccc(F)c1. The van der Waals surface area contributed by atoms with Gasteiger partial charge in [0, 0.05) is 18.3 Å². The Morgan fingerprint density at radius 3 is 2.50 bits per heavy atom. The number of aliphatic hydroxyl groups is 1. The van der Waals surface area contributed by atoms with Crippen molar-refractivity contribution in [2.45, 2.75) is 5.92 Å². The minimum atomic E-state index is -0.287. The molecule has 2 rings (SSSR count). The molecule has 1 unspecified atom stereocenters. The van der Waals surface area contributed by atoms with Crippen molar-refractivity contribution in [3.8, 4) is 0 Å². The van der Waals surface area contributed by atoms with E-state index in [1.54, 1.807) is 18.5 Å². The summed E-state index contributed by atoms with van der Waals surface area (Å²) in [6.07, 6.45) is 3.33. The molecule has 0 amide bonds. The average molecular weight is 217 g/mol. The lowest BCUT2D eigenvalue weighted by molar-refractivity contribution is 0.280. The van der Waals surface area contributed by atoms with Gasteiger partial charge in [-0.25, -0.2) is 4.39 Å². The fraction of sp³-hybridized carbons (Fsp3) is 0.154. The first-order chi connectivity index (χ1) is 7.81. The molecule has 2 nitrogen and oxygen atoms in total. The molecule has 0 fully saturated rings. The van der Waals surface area contributed by atoms with Gasteiger partial charge in [0.15, 0.2) is 0 Å². The Morgan fingerprint density at radius 1 is 1.12 bits per heavy atom. The summed E-state index contributed by atoms with van der Waals surface area (Å²) in [4.78, 5) is 3.92. The molecule has 0 saturated carbocycles. The number of benzene rings is 1. The third-order valence-electron chi connectivity index (χ3n) is 2.54. The molecule has 1 heterocycles. The standard InChI is InChI=1S/C13H12FNO/c14-12-3-1-2-11(8-12)13(9-16)10-4-6-15-7-5-10/h1-8,13,16H,9H2. The number of pyridine rings is 1. The minimum absolute atomic E-state index is 0.0481. The Bertz CT molecular complexity index is 458. The van der Waals surface area contributed by atoms with Gasteiger partial charge in [-0.2, -0.15) is 0 Å². The van der Waals surface area contributed by atoms with Crippen LogP contribution in [0.15, 0.2) is 48.8 Å². The molecule has 0 radical (unpaired) electrons. The van der Waals surface area contributed by atoms with E-state index in [1.807, 2.05) is 18.2 Å². The highest BCUT2D eigenvalue weighted by Gasteiger charge is 2.13. The second-order valence-corrected chi connectivity index (χ2v) is 3.57. The molecular formula is C13H12FNO. The first kappa shape index (κ1) is 10.8. The summed E-state index contributed by atoms with van der Waals surface area (Å²) >= 11 is 0. The lowest BCUT2D eigenvalue weighted by Gasteiger charge is -2.14. The van der Waals surface area contributed by atoms with E-state index in [4.69, 9.17) is 0 Å². The van der Waals surface area contributed by atoms with Crippen LogP contribution in [0.2, 0.25) is 0 Å². The van der Waals surface area contributed by atoms with Gasteiger partial charge in [0.25, 0.3) is 0 Å². The molecule has 1 N–H and O–H groups in total. The normalized spacial score (nSPS) is 12.4. The molecule has 0 aliphatic heterocycles. The fourth-order valence-corrected chi connectivity index (χ4v) is 1.72. The zero-order chi connectivity index (χ0) is 11.4. The van der Waals surface area contributed by atoms with E-state index in [9.17, 15) is 9.50 Å². The Balaban J connectivity index is 2.37. The Hall–Kier alpha value is -1.74. The van der Waals surface area contributed by atoms with Crippen molar-refractivity contribution in [2.75, 3.05) is 6.61 Å². The third kappa shape index (κ3) is 2.25. The van der Waals surface area contributed by atoms with Gasteiger partial charge in [0.2, 0.25) is 0 Å². The van der Waals surface area contributed by atoms with Crippen molar-refractivity contribution < 1.29 is 9.50 Å². The van der Waals surface area contributed by atoms with E-state index in [-0.39, 0.29) is 18.3 Å². The Morgan fingerprint density at radius 2 is 1.88 bits per heavy atom. The summed E-state index contributed by atoms with van der Waals surface area (Å²) in [5, 5.41) is 9.38. The van der Waals surface area contributed by atoms with E-state index in [0.29, 0.717) is 0 Å². The predicted molar refractivity (Wildman–Crippen MR) is 59.6 cm³/mol. The van der Waals surface area contributed by atoms with Crippen LogP contribution in [0.5, 0.6) is 0 Å². The molecule has 0 aliphatic rings. The van der Waals surface area contributed by atoms with Gasteiger partial charge in [-0.15, -0.1) is 0 Å². The zero-order valence-electron chi connectivity index (χ0n) is 8.68. The maximum Gasteiger partial charge on any atom is 0.123 e. The van der Waals surface area contributed by atoms with Crippen LogP contribution in [0.1, 0.15) is 17.0 Å². The predicted octanol–water partition coefficient (Wildman–Crippen LogP) is 2.34. The van der Waals surface area contributed by atoms with Gasteiger partial charge >= 0.3 is 0 Å². The molecule has 1 aromatic heterocycles. The number of aromatic nitrogens is 1. The topological polar surface area (TPSA) is 33.1 Å². The third-order valence-corrected chi connectivity index (χ3v) is 2.54. The quantitative estimate of drug-likeness (QED) is 0.856. The highest BCUT2D eigenvalue weighted by atomic mass is 19.1. The fourth-order valence-electron chi connectivity index (χ4n) is 1.72. The molecule has 1 atom stereocenters. The van der Waals surface area contributed by atoms with E-state index >= 15 is 0 Å². The zero-order valence-corrected chi connectivity index (χ0v) is 8.68. The van der Waals surface area contributed by atoms with Crippen LogP contribution in [0.4, 0.5) is 4.39 Å². The minimum Gasteiger partial charge on any atom is -0.395 e. The van der Waals surface area contributed by atoms with Gasteiger partial charge in [-0.1, -0.05) is 12.1 Å². The van der Waals surface area contributed by atoms with E-state index in [1.165, 1.54) is 12.1 Å². The first-order valence-corrected chi connectivity index (χ1v) is 5.07. The monoisotopic (exact) mass is 217 g/mol. The van der Waals surface area contributed by atoms with Crippen LogP contribution in [-0.4, -0.2) is 16.7 Å². The summed E-state index contributed by atoms with van der Waals surface area (Å²) in [5.41, 5.74) is 1.71. The second kappa shape index (κ2) is 4.86. The van der Waals surface area contributed by atoms with Gasteiger partial charge in [-0.05, 0) is 35.4 Å². The van der Waals surface area contributed by atoms with Crippen LogP contribution in [-0.2, 0) is 0 Å². The number of hydrogen-bond acceptors (Lipinski definition) is 2. The summed E-state index contributed by atoms with van der Waals surface area (Å²) in [6, 6.07) is 9.95. The number of nitrogens with zero attached hydrogens (tertiary/aromatic N) is 1. The lowest BCUT2D eigenvalue weighted by atomic mass is 9.93. The summed E-state index contributed by atoms with van der Waals surface area (Å²) in [7, 11) is 0. The highest BCUT2D eigenvalue weighted by Crippen LogP contribution is 2.23. The number of rotatable bonds is 3. The van der Waals surface area contributed by atoms with E-state index in [2.05, 4.69) is 4.98 Å². The molecule has 3 heteroatoms. The van der Waals surface area contributed by atoms with Crippen molar-refractivity contribution in [3.05, 3.63) is 65.7 Å². The lowest BCUT2D eigenvalue weighted by Crippen LogP contribution is -2.06. The largest absolute Gasteiger partial charge is 0.395 e. The number of aliphatic hydroxyl groups excluding tert-OH is 1. The number of halogens is 1. The van der Waals surface area contributed by atoms with Crippen molar-refractivity contribution in [2.24, 2.45) is 0 Å². The maximum absolute atomic E-state index is 13.1. The molecule has 0 bridgehead atoms. The van der Waals surface area contributed by atoms with Crippen molar-refractivity contribution in [3.63, 3.8) is 0 Å². The van der Waals surface area contributed by atoms with Crippen LogP contribution < -0.4 is 0 Å². The maximum atomic E-state index is 13.1. The molecule has 0 spiro atoms. The molecular weight excluding hydrogens is 205 g/mol. The summed E-state index contributed by atoms with van der Waals surface area (Å²) in [6.45, 7) is -0.0481. The average Bonchev–Trinajstić information content (AvgIpc) is 2.31. The van der Waals surface area contributed by atoms with Crippen LogP contribution in [0.3, 0.4) is 0 Å². The molecule has 1 aromatic carbocycles. The smallest absolute Gasteiger partial charge is 0.123 e. The first-order valence-electron chi connectivity index (χ1n) is 5.07. The summed E-state index contributed by atoms with van der Waals surface area (Å²) in [5.74, 6) is -0.483. The van der Waals surface area contributed by atoms with Crippen molar-refractivity contribution >= 4 is 0 Å². The van der Waals surface area contributed by atoms with Crippen molar-refractivity contribution in [1.82, 2.24) is 4.98 Å². The van der Waals surface area contributed by atoms with Crippen LogP contribution in [0, 0.1) is 5.82 Å². The van der Waals surface area contributed by atoms with Crippen molar-refractivity contribution in [1.29, 1.82) is 0 Å². The second-order valence-electron chi connectivity index (χ2n) is 3.57. The molecule has 0 aliphatic carbocycles. The van der Waals surface area contributed by atoms with E-state index in [0.717, 1.165) is 11.1 Å². The molecule has 0 saturated heterocycles. The van der Waals surface area contributed by atoms with E-state index < -0.39 is 0 Å². The molecule has 2 aromatic rings.